The molecule has 1 amide bonds. The molecule has 0 fully saturated rings. The fourth-order valence-electron chi connectivity index (χ4n) is 1.81. The van der Waals surface area contributed by atoms with E-state index in [0.717, 1.165) is 6.07 Å². The van der Waals surface area contributed by atoms with Gasteiger partial charge in [-0.05, 0) is 23.8 Å². The van der Waals surface area contributed by atoms with Gasteiger partial charge in [-0.2, -0.15) is 0 Å². The zero-order valence-corrected chi connectivity index (χ0v) is 10.6. The Hall–Kier alpha value is -2.27. The molecule has 0 spiro atoms. The van der Waals surface area contributed by atoms with Crippen molar-refractivity contribution >= 4 is 11.6 Å². The van der Waals surface area contributed by atoms with Gasteiger partial charge in [-0.15, -0.1) is 0 Å². The zero-order chi connectivity index (χ0) is 14.5. The number of aliphatic hydroxyl groups is 1. The van der Waals surface area contributed by atoms with Crippen LogP contribution in [0.3, 0.4) is 0 Å². The predicted molar refractivity (Wildman–Crippen MR) is 71.1 cm³/mol. The van der Waals surface area contributed by atoms with E-state index in [1.807, 2.05) is 0 Å². The Bertz CT molecular complexity index is 629. The van der Waals surface area contributed by atoms with Crippen LogP contribution >= 0.6 is 0 Å². The van der Waals surface area contributed by atoms with E-state index in [9.17, 15) is 13.6 Å². The van der Waals surface area contributed by atoms with Crippen LogP contribution in [0, 0.1) is 11.6 Å². The summed E-state index contributed by atoms with van der Waals surface area (Å²) >= 11 is 0. The Labute approximate surface area is 114 Å². The van der Waals surface area contributed by atoms with Crippen LogP contribution in [0.15, 0.2) is 42.5 Å². The van der Waals surface area contributed by atoms with Gasteiger partial charge < -0.3 is 10.4 Å². The summed E-state index contributed by atoms with van der Waals surface area (Å²) in [6, 6.07) is 10.4. The van der Waals surface area contributed by atoms with E-state index in [2.05, 4.69) is 5.32 Å². The minimum atomic E-state index is -1.01. The topological polar surface area (TPSA) is 49.3 Å². The molecule has 0 aliphatic heterocycles. The molecule has 3 nitrogen and oxygen atoms in total. The number of nitrogens with one attached hydrogen (secondary N) is 1. The summed E-state index contributed by atoms with van der Waals surface area (Å²) in [6.45, 7) is -0.137. The van der Waals surface area contributed by atoms with Gasteiger partial charge in [-0.1, -0.05) is 24.3 Å². The molecule has 2 aromatic rings. The van der Waals surface area contributed by atoms with Crippen molar-refractivity contribution in [1.82, 2.24) is 0 Å². The lowest BCUT2D eigenvalue weighted by atomic mass is 10.1. The molecule has 0 saturated carbocycles. The van der Waals surface area contributed by atoms with E-state index in [4.69, 9.17) is 5.11 Å². The Kier molecular flexibility index (Phi) is 4.42. The second kappa shape index (κ2) is 6.25. The third kappa shape index (κ3) is 3.39. The van der Waals surface area contributed by atoms with Gasteiger partial charge in [0.05, 0.1) is 13.0 Å². The lowest BCUT2D eigenvalue weighted by Gasteiger charge is -2.07. The summed E-state index contributed by atoms with van der Waals surface area (Å²) in [6.07, 6.45) is -0.257. The fraction of sp³-hybridized carbons (Fsp3) is 0.133. The second-order valence-electron chi connectivity index (χ2n) is 4.30. The van der Waals surface area contributed by atoms with Crippen LogP contribution in [0.5, 0.6) is 0 Å². The van der Waals surface area contributed by atoms with Crippen LogP contribution in [0.2, 0.25) is 0 Å². The van der Waals surface area contributed by atoms with Crippen LogP contribution in [0.1, 0.15) is 11.1 Å². The number of amides is 1. The third-order valence-corrected chi connectivity index (χ3v) is 2.78. The van der Waals surface area contributed by atoms with E-state index < -0.39 is 17.5 Å². The van der Waals surface area contributed by atoms with Crippen molar-refractivity contribution in [3.8, 4) is 0 Å². The molecule has 0 heterocycles. The molecule has 0 aromatic heterocycles. The van der Waals surface area contributed by atoms with Crippen LogP contribution in [-0.4, -0.2) is 11.0 Å². The molecule has 0 aliphatic rings. The van der Waals surface area contributed by atoms with Gasteiger partial charge in [0.2, 0.25) is 5.91 Å². The summed E-state index contributed by atoms with van der Waals surface area (Å²) in [5.74, 6) is -2.44. The molecular weight excluding hydrogens is 264 g/mol. The largest absolute Gasteiger partial charge is 0.392 e. The van der Waals surface area contributed by atoms with Crippen LogP contribution in [-0.2, 0) is 17.8 Å². The maximum Gasteiger partial charge on any atom is 0.228 e. The number of anilines is 1. The number of hydrogen-bond donors (Lipinski definition) is 2. The van der Waals surface area contributed by atoms with Gasteiger partial charge in [-0.25, -0.2) is 8.78 Å². The first-order chi connectivity index (χ1) is 9.60. The highest BCUT2D eigenvalue weighted by Crippen LogP contribution is 2.14. The molecule has 104 valence electrons. The first-order valence-electron chi connectivity index (χ1n) is 6.02. The van der Waals surface area contributed by atoms with E-state index in [-0.39, 0.29) is 18.6 Å². The summed E-state index contributed by atoms with van der Waals surface area (Å²) < 4.78 is 26.5. The number of hydrogen-bond acceptors (Lipinski definition) is 2. The van der Waals surface area contributed by atoms with Crippen molar-refractivity contribution < 1.29 is 18.7 Å². The number of benzene rings is 2. The summed E-state index contributed by atoms with van der Waals surface area (Å²) in [7, 11) is 0. The van der Waals surface area contributed by atoms with Crippen molar-refractivity contribution in [3.05, 3.63) is 65.2 Å². The van der Waals surface area contributed by atoms with Crippen LogP contribution < -0.4 is 5.32 Å². The van der Waals surface area contributed by atoms with Crippen LogP contribution in [0.4, 0.5) is 14.5 Å². The van der Waals surface area contributed by atoms with Crippen molar-refractivity contribution in [2.24, 2.45) is 0 Å². The van der Waals surface area contributed by atoms with Crippen molar-refractivity contribution in [1.29, 1.82) is 0 Å². The number of carbonyl (C=O) groups is 1. The van der Waals surface area contributed by atoms with Crippen molar-refractivity contribution in [2.75, 3.05) is 5.32 Å². The SMILES string of the molecule is O=C(Cc1cccc(F)c1F)Nc1cccc(CO)c1. The predicted octanol–water partition coefficient (Wildman–Crippen LogP) is 2.64. The van der Waals surface area contributed by atoms with Gasteiger partial charge in [0, 0.05) is 11.3 Å². The average molecular weight is 277 g/mol. The first-order valence-corrected chi connectivity index (χ1v) is 6.02. The summed E-state index contributed by atoms with van der Waals surface area (Å²) in [5, 5.41) is 11.6. The van der Waals surface area contributed by atoms with Crippen LogP contribution in [0.25, 0.3) is 0 Å². The summed E-state index contributed by atoms with van der Waals surface area (Å²) in [5.41, 5.74) is 1.15. The number of aliphatic hydroxyl groups excluding tert-OH is 1. The Morgan fingerprint density at radius 1 is 1.15 bits per heavy atom. The van der Waals surface area contributed by atoms with Gasteiger partial charge in [0.25, 0.3) is 0 Å². The fourth-order valence-corrected chi connectivity index (χ4v) is 1.81. The molecule has 0 atom stereocenters. The molecule has 2 rings (SSSR count). The Morgan fingerprint density at radius 3 is 2.65 bits per heavy atom. The summed E-state index contributed by atoms with van der Waals surface area (Å²) in [4.78, 5) is 11.8. The lowest BCUT2D eigenvalue weighted by molar-refractivity contribution is -0.115. The van der Waals surface area contributed by atoms with E-state index in [0.29, 0.717) is 11.3 Å². The number of rotatable bonds is 4. The quantitative estimate of drug-likeness (QED) is 0.902. The van der Waals surface area contributed by atoms with E-state index >= 15 is 0 Å². The molecule has 0 unspecified atom stereocenters. The van der Waals surface area contributed by atoms with Gasteiger partial charge in [0.15, 0.2) is 11.6 Å². The molecule has 0 aliphatic carbocycles. The maximum atomic E-state index is 13.4. The smallest absolute Gasteiger partial charge is 0.228 e. The van der Waals surface area contributed by atoms with Gasteiger partial charge in [0.1, 0.15) is 0 Å². The maximum absolute atomic E-state index is 13.4. The molecular formula is C15H13F2NO2. The number of carbonyl (C=O) groups excluding carboxylic acids is 1. The highest BCUT2D eigenvalue weighted by atomic mass is 19.2. The second-order valence-corrected chi connectivity index (χ2v) is 4.30. The monoisotopic (exact) mass is 277 g/mol. The number of halogens is 2. The minimum absolute atomic E-state index is 0.000753. The molecule has 2 aromatic carbocycles. The van der Waals surface area contributed by atoms with Crippen molar-refractivity contribution in [3.63, 3.8) is 0 Å². The Balaban J connectivity index is 2.07. The highest BCUT2D eigenvalue weighted by Gasteiger charge is 2.11. The average Bonchev–Trinajstić information content (AvgIpc) is 2.44. The highest BCUT2D eigenvalue weighted by molar-refractivity contribution is 5.92. The normalized spacial score (nSPS) is 10.3. The van der Waals surface area contributed by atoms with Gasteiger partial charge in [-0.3, -0.25) is 4.79 Å². The van der Waals surface area contributed by atoms with E-state index in [1.54, 1.807) is 24.3 Å². The molecule has 20 heavy (non-hydrogen) atoms. The third-order valence-electron chi connectivity index (χ3n) is 2.78. The zero-order valence-electron chi connectivity index (χ0n) is 10.6. The first kappa shape index (κ1) is 14.1. The standard InChI is InChI=1S/C15H13F2NO2/c16-13-6-2-4-11(15(13)17)8-14(20)18-12-5-1-3-10(7-12)9-19/h1-7,19H,8-9H2,(H,18,20). The van der Waals surface area contributed by atoms with Gasteiger partial charge >= 0.3 is 0 Å². The molecule has 2 N–H and O–H groups in total. The van der Waals surface area contributed by atoms with E-state index in [1.165, 1.54) is 12.1 Å². The lowest BCUT2D eigenvalue weighted by Crippen LogP contribution is -2.15. The molecule has 0 saturated heterocycles. The van der Waals surface area contributed by atoms with Crippen molar-refractivity contribution in [2.45, 2.75) is 13.0 Å². The minimum Gasteiger partial charge on any atom is -0.392 e. The molecule has 0 radical (unpaired) electrons. The Morgan fingerprint density at radius 2 is 1.90 bits per heavy atom. The molecule has 5 heteroatoms. The molecule has 0 bridgehead atoms.